The van der Waals surface area contributed by atoms with E-state index < -0.39 is 0 Å². The van der Waals surface area contributed by atoms with Crippen molar-refractivity contribution in [1.29, 1.82) is 0 Å². The molecule has 2 aliphatic heterocycles. The maximum absolute atomic E-state index is 5.57. The summed E-state index contributed by atoms with van der Waals surface area (Å²) in [4.78, 5) is 2.79. The maximum Gasteiger partial charge on any atom is 0.0471 e. The van der Waals surface area contributed by atoms with Gasteiger partial charge in [-0.3, -0.25) is 4.90 Å². The Kier molecular flexibility index (Phi) is 6.10. The van der Waals surface area contributed by atoms with Crippen LogP contribution in [0.25, 0.3) is 0 Å². The third-order valence-corrected chi connectivity index (χ3v) is 5.87. The fraction of sp³-hybridized carbons (Fsp3) is 1.00. The van der Waals surface area contributed by atoms with Crippen LogP contribution in [0.2, 0.25) is 0 Å². The zero-order chi connectivity index (χ0) is 15.5. The highest BCUT2D eigenvalue weighted by molar-refractivity contribution is 4.93. The van der Waals surface area contributed by atoms with Gasteiger partial charge in [0, 0.05) is 44.9 Å². The van der Waals surface area contributed by atoms with Crippen molar-refractivity contribution in [1.82, 2.24) is 10.2 Å². The van der Waals surface area contributed by atoms with E-state index in [4.69, 9.17) is 4.74 Å². The van der Waals surface area contributed by atoms with Crippen LogP contribution in [0.15, 0.2) is 0 Å². The van der Waals surface area contributed by atoms with Crippen LogP contribution in [0.3, 0.4) is 0 Å². The van der Waals surface area contributed by atoms with E-state index in [-0.39, 0.29) is 0 Å². The summed E-state index contributed by atoms with van der Waals surface area (Å²) in [5, 5.41) is 3.81. The first-order chi connectivity index (χ1) is 9.95. The molecule has 2 saturated heterocycles. The predicted molar refractivity (Wildman–Crippen MR) is 89.6 cm³/mol. The van der Waals surface area contributed by atoms with Crippen molar-refractivity contribution in [3.8, 4) is 0 Å². The minimum absolute atomic E-state index is 0.447. The van der Waals surface area contributed by atoms with Crippen LogP contribution >= 0.6 is 0 Å². The van der Waals surface area contributed by atoms with Gasteiger partial charge in [0.2, 0.25) is 0 Å². The van der Waals surface area contributed by atoms with E-state index in [2.05, 4.69) is 44.8 Å². The number of rotatable bonds is 5. The first-order valence-electron chi connectivity index (χ1n) is 9.00. The lowest BCUT2D eigenvalue weighted by Gasteiger charge is -2.48. The molecular formula is C18H36N2O. The first-order valence-corrected chi connectivity index (χ1v) is 9.00. The molecule has 2 heterocycles. The lowest BCUT2D eigenvalue weighted by Crippen LogP contribution is -2.61. The normalized spacial score (nSPS) is 32.3. The largest absolute Gasteiger partial charge is 0.381 e. The van der Waals surface area contributed by atoms with Gasteiger partial charge in [0.25, 0.3) is 0 Å². The van der Waals surface area contributed by atoms with Crippen LogP contribution in [-0.4, -0.2) is 49.8 Å². The molecule has 3 nitrogen and oxygen atoms in total. The third-order valence-electron chi connectivity index (χ3n) is 5.87. The number of nitrogens with one attached hydrogen (secondary N) is 1. The van der Waals surface area contributed by atoms with Gasteiger partial charge < -0.3 is 10.1 Å². The van der Waals surface area contributed by atoms with E-state index in [9.17, 15) is 0 Å². The minimum Gasteiger partial charge on any atom is -0.381 e. The van der Waals surface area contributed by atoms with Gasteiger partial charge in [0.05, 0.1) is 0 Å². The van der Waals surface area contributed by atoms with E-state index >= 15 is 0 Å². The SMILES string of the molecule is CCC(C)C1CN(CC2(C)CCOCC2)C(C(C)C)CN1. The molecule has 124 valence electrons. The molecule has 3 heteroatoms. The Morgan fingerprint density at radius 2 is 1.90 bits per heavy atom. The Morgan fingerprint density at radius 3 is 2.48 bits per heavy atom. The molecule has 2 rings (SSSR count). The molecule has 0 radical (unpaired) electrons. The Labute approximate surface area is 131 Å². The highest BCUT2D eigenvalue weighted by Gasteiger charge is 2.37. The van der Waals surface area contributed by atoms with E-state index in [1.54, 1.807) is 0 Å². The monoisotopic (exact) mass is 296 g/mol. The van der Waals surface area contributed by atoms with Crippen molar-refractivity contribution in [3.63, 3.8) is 0 Å². The Bertz CT molecular complexity index is 312. The van der Waals surface area contributed by atoms with E-state index in [1.807, 2.05) is 0 Å². The van der Waals surface area contributed by atoms with Gasteiger partial charge in [-0.05, 0) is 30.1 Å². The van der Waals surface area contributed by atoms with Crippen molar-refractivity contribution in [2.75, 3.05) is 32.8 Å². The van der Waals surface area contributed by atoms with Crippen LogP contribution in [-0.2, 0) is 4.74 Å². The standard InChI is InChI=1S/C18H36N2O/c1-6-15(4)16-12-20(17(11-19-16)14(2)3)13-18(5)7-9-21-10-8-18/h14-17,19H,6-13H2,1-5H3. The van der Waals surface area contributed by atoms with Gasteiger partial charge in [-0.15, -0.1) is 0 Å². The van der Waals surface area contributed by atoms with Crippen LogP contribution in [0, 0.1) is 17.3 Å². The molecule has 3 atom stereocenters. The molecule has 21 heavy (non-hydrogen) atoms. The molecule has 0 saturated carbocycles. The second-order valence-corrected chi connectivity index (χ2v) is 8.06. The molecule has 0 aromatic rings. The summed E-state index contributed by atoms with van der Waals surface area (Å²) >= 11 is 0. The van der Waals surface area contributed by atoms with Crippen molar-refractivity contribution >= 4 is 0 Å². The molecule has 0 bridgehead atoms. The summed E-state index contributed by atoms with van der Waals surface area (Å²) in [6.07, 6.45) is 3.70. The van der Waals surface area contributed by atoms with Crippen molar-refractivity contribution < 1.29 is 4.74 Å². The molecule has 2 fully saturated rings. The van der Waals surface area contributed by atoms with Gasteiger partial charge in [0.1, 0.15) is 0 Å². The average Bonchev–Trinajstić information content (AvgIpc) is 2.46. The van der Waals surface area contributed by atoms with Crippen molar-refractivity contribution in [2.24, 2.45) is 17.3 Å². The summed E-state index contributed by atoms with van der Waals surface area (Å²) < 4.78 is 5.57. The summed E-state index contributed by atoms with van der Waals surface area (Å²) in [7, 11) is 0. The fourth-order valence-electron chi connectivity index (χ4n) is 3.87. The van der Waals surface area contributed by atoms with Crippen LogP contribution in [0.1, 0.15) is 53.9 Å². The topological polar surface area (TPSA) is 24.5 Å². The molecule has 2 aliphatic rings. The Hall–Kier alpha value is -0.120. The summed E-state index contributed by atoms with van der Waals surface area (Å²) in [5.74, 6) is 1.49. The molecule has 3 unspecified atom stereocenters. The number of hydrogen-bond donors (Lipinski definition) is 1. The summed E-state index contributed by atoms with van der Waals surface area (Å²) in [5.41, 5.74) is 0.447. The Balaban J connectivity index is 2.03. The highest BCUT2D eigenvalue weighted by Crippen LogP contribution is 2.33. The quantitative estimate of drug-likeness (QED) is 0.843. The molecular weight excluding hydrogens is 260 g/mol. The lowest BCUT2D eigenvalue weighted by atomic mass is 9.80. The molecule has 0 aromatic heterocycles. The van der Waals surface area contributed by atoms with Gasteiger partial charge >= 0.3 is 0 Å². The number of hydrogen-bond acceptors (Lipinski definition) is 3. The van der Waals surface area contributed by atoms with Gasteiger partial charge in [-0.25, -0.2) is 0 Å². The molecule has 0 aliphatic carbocycles. The van der Waals surface area contributed by atoms with Gasteiger partial charge in [-0.2, -0.15) is 0 Å². The van der Waals surface area contributed by atoms with Crippen LogP contribution in [0.5, 0.6) is 0 Å². The zero-order valence-electron chi connectivity index (χ0n) is 14.8. The molecule has 1 N–H and O–H groups in total. The number of piperazine rings is 1. The lowest BCUT2D eigenvalue weighted by molar-refractivity contribution is -0.0195. The predicted octanol–water partition coefficient (Wildman–Crippen LogP) is 3.15. The number of nitrogens with zero attached hydrogens (tertiary/aromatic N) is 1. The van der Waals surface area contributed by atoms with E-state index in [0.29, 0.717) is 17.5 Å². The smallest absolute Gasteiger partial charge is 0.0471 e. The van der Waals surface area contributed by atoms with Crippen molar-refractivity contribution in [2.45, 2.75) is 66.0 Å². The Morgan fingerprint density at radius 1 is 1.24 bits per heavy atom. The van der Waals surface area contributed by atoms with E-state index in [0.717, 1.165) is 31.6 Å². The van der Waals surface area contributed by atoms with Gasteiger partial charge in [0.15, 0.2) is 0 Å². The summed E-state index contributed by atoms with van der Waals surface area (Å²) in [6.45, 7) is 17.4. The maximum atomic E-state index is 5.57. The molecule has 0 amide bonds. The summed E-state index contributed by atoms with van der Waals surface area (Å²) in [6, 6.07) is 1.35. The number of ether oxygens (including phenoxy) is 1. The molecule has 0 spiro atoms. The molecule has 0 aromatic carbocycles. The zero-order valence-corrected chi connectivity index (χ0v) is 14.8. The minimum atomic E-state index is 0.447. The highest BCUT2D eigenvalue weighted by atomic mass is 16.5. The van der Waals surface area contributed by atoms with Crippen molar-refractivity contribution in [3.05, 3.63) is 0 Å². The van der Waals surface area contributed by atoms with Crippen LogP contribution < -0.4 is 5.32 Å². The van der Waals surface area contributed by atoms with Crippen LogP contribution in [0.4, 0.5) is 0 Å². The second-order valence-electron chi connectivity index (χ2n) is 8.06. The second kappa shape index (κ2) is 7.43. The average molecular weight is 296 g/mol. The van der Waals surface area contributed by atoms with Gasteiger partial charge in [-0.1, -0.05) is 41.0 Å². The first kappa shape index (κ1) is 17.2. The van der Waals surface area contributed by atoms with E-state index in [1.165, 1.54) is 32.4 Å². The third kappa shape index (κ3) is 4.43. The fourth-order valence-corrected chi connectivity index (χ4v) is 3.87.